The Kier molecular flexibility index (Phi) is 4.24. The molecule has 1 N–H and O–H groups in total. The third-order valence-electron chi connectivity index (χ3n) is 5.66. The minimum atomic E-state index is -0.165. The number of piperidine rings is 1. The lowest BCUT2D eigenvalue weighted by atomic mass is 9.93. The van der Waals surface area contributed by atoms with Crippen molar-refractivity contribution in [2.24, 2.45) is 5.92 Å². The number of phenols is 1. The number of amides is 1. The van der Waals surface area contributed by atoms with Gasteiger partial charge in [-0.3, -0.25) is 9.48 Å². The number of hydrogen-bond acceptors (Lipinski definition) is 3. The molecule has 1 aromatic carbocycles. The molecule has 1 amide bonds. The van der Waals surface area contributed by atoms with Gasteiger partial charge < -0.3 is 10.0 Å². The van der Waals surface area contributed by atoms with E-state index in [4.69, 9.17) is 0 Å². The summed E-state index contributed by atoms with van der Waals surface area (Å²) >= 11 is 0. The predicted molar refractivity (Wildman–Crippen MR) is 95.4 cm³/mol. The average molecular weight is 339 g/mol. The van der Waals surface area contributed by atoms with Crippen molar-refractivity contribution in [2.75, 3.05) is 13.1 Å². The second-order valence-corrected chi connectivity index (χ2v) is 7.45. The Labute approximate surface area is 148 Å². The van der Waals surface area contributed by atoms with Crippen LogP contribution in [0.25, 0.3) is 0 Å². The fourth-order valence-electron chi connectivity index (χ4n) is 4.30. The third kappa shape index (κ3) is 3.15. The highest BCUT2D eigenvalue weighted by atomic mass is 16.3. The summed E-state index contributed by atoms with van der Waals surface area (Å²) in [4.78, 5) is 15.0. The monoisotopic (exact) mass is 339 g/mol. The molecule has 5 nitrogen and oxygen atoms in total. The van der Waals surface area contributed by atoms with Crippen LogP contribution in [0.5, 0.6) is 5.75 Å². The largest absolute Gasteiger partial charge is 0.508 e. The van der Waals surface area contributed by atoms with Crippen LogP contribution in [0.1, 0.15) is 41.9 Å². The number of carbonyl (C=O) groups excluding carboxylic acids is 1. The van der Waals surface area contributed by atoms with Gasteiger partial charge in [-0.1, -0.05) is 12.1 Å². The summed E-state index contributed by atoms with van der Waals surface area (Å²) in [5, 5.41) is 14.5. The number of hydrogen-bond donors (Lipinski definition) is 1. The first kappa shape index (κ1) is 16.2. The maximum absolute atomic E-state index is 13.0. The van der Waals surface area contributed by atoms with Crippen molar-refractivity contribution in [1.82, 2.24) is 14.7 Å². The molecule has 1 aliphatic heterocycles. The van der Waals surface area contributed by atoms with E-state index in [1.54, 1.807) is 6.07 Å². The summed E-state index contributed by atoms with van der Waals surface area (Å²) in [7, 11) is 0. The van der Waals surface area contributed by atoms with Crippen LogP contribution in [0.4, 0.5) is 0 Å². The maximum atomic E-state index is 13.0. The first-order valence-electron chi connectivity index (χ1n) is 9.20. The van der Waals surface area contributed by atoms with Gasteiger partial charge in [-0.05, 0) is 55.7 Å². The molecule has 132 valence electrons. The maximum Gasteiger partial charge on any atom is 0.230 e. The van der Waals surface area contributed by atoms with E-state index in [9.17, 15) is 9.90 Å². The van der Waals surface area contributed by atoms with E-state index < -0.39 is 0 Å². The number of phenolic OH excluding ortho intramolecular Hbond substituents is 1. The SMILES string of the molecule is Cc1cnn(CC2CCN(C(=O)C3CCc4cccc(O)c43)CC2)c1. The Morgan fingerprint density at radius 2 is 2.08 bits per heavy atom. The van der Waals surface area contributed by atoms with E-state index in [-0.39, 0.29) is 17.6 Å². The number of aromatic nitrogens is 2. The molecule has 0 bridgehead atoms. The van der Waals surface area contributed by atoms with Crippen molar-refractivity contribution in [3.8, 4) is 5.75 Å². The second-order valence-electron chi connectivity index (χ2n) is 7.45. The van der Waals surface area contributed by atoms with Crippen LogP contribution < -0.4 is 0 Å². The zero-order chi connectivity index (χ0) is 17.4. The van der Waals surface area contributed by atoms with Crippen molar-refractivity contribution in [3.63, 3.8) is 0 Å². The van der Waals surface area contributed by atoms with Crippen molar-refractivity contribution in [1.29, 1.82) is 0 Å². The van der Waals surface area contributed by atoms with Gasteiger partial charge in [0.15, 0.2) is 0 Å². The fraction of sp³-hybridized carbons (Fsp3) is 0.500. The van der Waals surface area contributed by atoms with Crippen LogP contribution in [0.15, 0.2) is 30.6 Å². The number of fused-ring (bicyclic) bond motifs is 1. The molecule has 25 heavy (non-hydrogen) atoms. The predicted octanol–water partition coefficient (Wildman–Crippen LogP) is 2.87. The average Bonchev–Trinajstić information content (AvgIpc) is 3.22. The Balaban J connectivity index is 1.38. The van der Waals surface area contributed by atoms with Crippen molar-refractivity contribution >= 4 is 5.91 Å². The third-order valence-corrected chi connectivity index (χ3v) is 5.66. The van der Waals surface area contributed by atoms with Gasteiger partial charge in [-0.25, -0.2) is 0 Å². The molecule has 2 aromatic rings. The second kappa shape index (κ2) is 6.54. The number of aryl methyl sites for hydroxylation is 2. The van der Waals surface area contributed by atoms with Gasteiger partial charge in [0.05, 0.1) is 12.1 Å². The van der Waals surface area contributed by atoms with E-state index in [1.807, 2.05) is 27.9 Å². The first-order chi connectivity index (χ1) is 12.1. The van der Waals surface area contributed by atoms with Gasteiger partial charge in [-0.2, -0.15) is 5.10 Å². The molecule has 2 aliphatic rings. The molecule has 0 saturated carbocycles. The van der Waals surface area contributed by atoms with E-state index in [0.29, 0.717) is 5.92 Å². The highest BCUT2D eigenvalue weighted by Gasteiger charge is 2.35. The molecule has 1 aromatic heterocycles. The standard InChI is InChI=1S/C20H25N3O2/c1-14-11-21-23(12-14)13-15-7-9-22(10-8-15)20(25)17-6-5-16-3-2-4-18(24)19(16)17/h2-4,11-12,15,17,24H,5-10,13H2,1H3. The lowest BCUT2D eigenvalue weighted by Crippen LogP contribution is -2.41. The zero-order valence-corrected chi connectivity index (χ0v) is 14.7. The molecule has 1 atom stereocenters. The Bertz CT molecular complexity index is 775. The van der Waals surface area contributed by atoms with Crippen LogP contribution in [0.2, 0.25) is 0 Å². The van der Waals surface area contributed by atoms with E-state index >= 15 is 0 Å². The smallest absolute Gasteiger partial charge is 0.230 e. The first-order valence-corrected chi connectivity index (χ1v) is 9.20. The highest BCUT2D eigenvalue weighted by Crippen LogP contribution is 2.40. The summed E-state index contributed by atoms with van der Waals surface area (Å²) < 4.78 is 2.02. The molecule has 1 fully saturated rings. The van der Waals surface area contributed by atoms with Gasteiger partial charge in [0.25, 0.3) is 0 Å². The summed E-state index contributed by atoms with van der Waals surface area (Å²) in [6, 6.07) is 5.59. The molecule has 1 aliphatic carbocycles. The van der Waals surface area contributed by atoms with Crippen LogP contribution in [0.3, 0.4) is 0 Å². The zero-order valence-electron chi connectivity index (χ0n) is 14.7. The quantitative estimate of drug-likeness (QED) is 0.935. The van der Waals surface area contributed by atoms with Gasteiger partial charge in [0.1, 0.15) is 5.75 Å². The van der Waals surface area contributed by atoms with Gasteiger partial charge in [0, 0.05) is 31.4 Å². The number of rotatable bonds is 3. The minimum absolute atomic E-state index is 0.165. The lowest BCUT2D eigenvalue weighted by Gasteiger charge is -2.33. The summed E-state index contributed by atoms with van der Waals surface area (Å²) in [6.45, 7) is 4.61. The Hall–Kier alpha value is -2.30. The lowest BCUT2D eigenvalue weighted by molar-refractivity contribution is -0.134. The molecule has 0 spiro atoms. The molecule has 2 heterocycles. The van der Waals surface area contributed by atoms with Gasteiger partial charge >= 0.3 is 0 Å². The summed E-state index contributed by atoms with van der Waals surface area (Å²) in [6.07, 6.45) is 7.71. The molecular weight excluding hydrogens is 314 g/mol. The molecule has 0 radical (unpaired) electrons. The summed E-state index contributed by atoms with van der Waals surface area (Å²) in [5.41, 5.74) is 3.18. The molecule has 5 heteroatoms. The number of benzene rings is 1. The Morgan fingerprint density at radius 1 is 1.28 bits per heavy atom. The molecule has 4 rings (SSSR count). The topological polar surface area (TPSA) is 58.4 Å². The number of likely N-dealkylation sites (tertiary alicyclic amines) is 1. The van der Waals surface area contributed by atoms with Crippen molar-refractivity contribution in [2.45, 2.75) is 45.1 Å². The highest BCUT2D eigenvalue weighted by molar-refractivity contribution is 5.86. The van der Waals surface area contributed by atoms with E-state index in [2.05, 4.69) is 18.2 Å². The van der Waals surface area contributed by atoms with Crippen molar-refractivity contribution < 1.29 is 9.90 Å². The number of nitrogens with zero attached hydrogens (tertiary/aromatic N) is 3. The molecule has 1 unspecified atom stereocenters. The van der Waals surface area contributed by atoms with E-state index in [1.165, 1.54) is 5.56 Å². The van der Waals surface area contributed by atoms with Crippen LogP contribution in [-0.2, 0) is 17.8 Å². The van der Waals surface area contributed by atoms with Crippen molar-refractivity contribution in [3.05, 3.63) is 47.3 Å². The number of carbonyl (C=O) groups is 1. The number of aromatic hydroxyl groups is 1. The van der Waals surface area contributed by atoms with Crippen LogP contribution in [-0.4, -0.2) is 38.8 Å². The fourth-order valence-corrected chi connectivity index (χ4v) is 4.30. The molecule has 1 saturated heterocycles. The normalized spacial score (nSPS) is 20.7. The summed E-state index contributed by atoms with van der Waals surface area (Å²) in [5.74, 6) is 0.875. The molecular formula is C20H25N3O2. The van der Waals surface area contributed by atoms with Gasteiger partial charge in [-0.15, -0.1) is 0 Å². The van der Waals surface area contributed by atoms with Crippen LogP contribution in [0, 0.1) is 12.8 Å². The Morgan fingerprint density at radius 3 is 2.80 bits per heavy atom. The minimum Gasteiger partial charge on any atom is -0.508 e. The van der Waals surface area contributed by atoms with Crippen LogP contribution >= 0.6 is 0 Å². The van der Waals surface area contributed by atoms with Gasteiger partial charge in [0.2, 0.25) is 5.91 Å². The van der Waals surface area contributed by atoms with E-state index in [0.717, 1.165) is 56.4 Å².